The van der Waals surface area contributed by atoms with Gasteiger partial charge < -0.3 is 5.43 Å². The van der Waals surface area contributed by atoms with Gasteiger partial charge in [0.2, 0.25) is 0 Å². The van der Waals surface area contributed by atoms with Gasteiger partial charge in [-0.15, -0.1) is 0 Å². The molecule has 0 aliphatic carbocycles. The lowest BCUT2D eigenvalue weighted by molar-refractivity contribution is 1.35. The number of aryl methyl sites for hydroxylation is 1. The van der Waals surface area contributed by atoms with Gasteiger partial charge in [0, 0.05) is 5.69 Å². The van der Waals surface area contributed by atoms with Gasteiger partial charge in [0.05, 0.1) is 0 Å². The van der Waals surface area contributed by atoms with Crippen LogP contribution in [0.25, 0.3) is 11.1 Å². The second-order valence-corrected chi connectivity index (χ2v) is 3.59. The van der Waals surface area contributed by atoms with Crippen LogP contribution in [0.4, 0.5) is 5.69 Å². The molecule has 0 spiro atoms. The Morgan fingerprint density at radius 2 is 1.67 bits per heavy atom. The van der Waals surface area contributed by atoms with E-state index in [1.807, 2.05) is 12.1 Å². The molecule has 0 saturated heterocycles. The number of benzene rings is 2. The monoisotopic (exact) mass is 198 g/mol. The Bertz CT molecular complexity index is 446. The number of nitrogens with two attached hydrogens (primary N) is 1. The summed E-state index contributed by atoms with van der Waals surface area (Å²) in [6, 6.07) is 16.5. The Hall–Kier alpha value is -1.80. The quantitative estimate of drug-likeness (QED) is 0.575. The highest BCUT2D eigenvalue weighted by Gasteiger charge is 1.97. The lowest BCUT2D eigenvalue weighted by Gasteiger charge is -2.04. The zero-order valence-electron chi connectivity index (χ0n) is 8.70. The largest absolute Gasteiger partial charge is 0.324 e. The van der Waals surface area contributed by atoms with Crippen LogP contribution in [0.1, 0.15) is 5.56 Å². The predicted molar refractivity (Wildman–Crippen MR) is 64.4 cm³/mol. The van der Waals surface area contributed by atoms with Gasteiger partial charge in [-0.05, 0) is 30.2 Å². The van der Waals surface area contributed by atoms with Crippen molar-refractivity contribution in [1.29, 1.82) is 0 Å². The van der Waals surface area contributed by atoms with E-state index < -0.39 is 0 Å². The average Bonchev–Trinajstić information content (AvgIpc) is 2.29. The number of hydrogen-bond acceptors (Lipinski definition) is 2. The molecule has 0 radical (unpaired) electrons. The van der Waals surface area contributed by atoms with E-state index >= 15 is 0 Å². The molecular formula is C13H14N2. The third-order valence-corrected chi connectivity index (χ3v) is 2.40. The lowest BCUT2D eigenvalue weighted by Crippen LogP contribution is -2.05. The number of rotatable bonds is 2. The van der Waals surface area contributed by atoms with Crippen LogP contribution in [0, 0.1) is 6.92 Å². The van der Waals surface area contributed by atoms with E-state index in [9.17, 15) is 0 Å². The van der Waals surface area contributed by atoms with E-state index in [0.29, 0.717) is 0 Å². The molecule has 0 atom stereocenters. The van der Waals surface area contributed by atoms with E-state index in [0.717, 1.165) is 5.69 Å². The SMILES string of the molecule is Cc1cccc(-c2ccc(NN)cc2)c1. The molecule has 0 fully saturated rings. The first-order valence-corrected chi connectivity index (χ1v) is 4.93. The van der Waals surface area contributed by atoms with Crippen molar-refractivity contribution < 1.29 is 0 Å². The van der Waals surface area contributed by atoms with Gasteiger partial charge in [-0.25, -0.2) is 0 Å². The number of nitrogens with one attached hydrogen (secondary N) is 1. The fourth-order valence-corrected chi connectivity index (χ4v) is 1.58. The van der Waals surface area contributed by atoms with Gasteiger partial charge in [-0.1, -0.05) is 42.0 Å². The van der Waals surface area contributed by atoms with Crippen LogP contribution in [0.5, 0.6) is 0 Å². The molecular weight excluding hydrogens is 184 g/mol. The van der Waals surface area contributed by atoms with Crippen molar-refractivity contribution in [3.05, 3.63) is 54.1 Å². The summed E-state index contributed by atoms with van der Waals surface area (Å²) in [4.78, 5) is 0. The summed E-state index contributed by atoms with van der Waals surface area (Å²) in [5.41, 5.74) is 7.25. The van der Waals surface area contributed by atoms with Crippen LogP contribution in [0.15, 0.2) is 48.5 Å². The molecule has 0 aromatic heterocycles. The fourth-order valence-electron chi connectivity index (χ4n) is 1.58. The first-order chi connectivity index (χ1) is 7.29. The molecule has 2 rings (SSSR count). The van der Waals surface area contributed by atoms with E-state index in [2.05, 4.69) is 48.7 Å². The summed E-state index contributed by atoms with van der Waals surface area (Å²) < 4.78 is 0. The first-order valence-electron chi connectivity index (χ1n) is 4.93. The van der Waals surface area contributed by atoms with Gasteiger partial charge in [0.25, 0.3) is 0 Å². The minimum absolute atomic E-state index is 0.923. The first kappa shape index (κ1) is 9.74. The third-order valence-electron chi connectivity index (χ3n) is 2.40. The van der Waals surface area contributed by atoms with E-state index in [4.69, 9.17) is 5.84 Å². The molecule has 2 heteroatoms. The van der Waals surface area contributed by atoms with E-state index in [-0.39, 0.29) is 0 Å². The smallest absolute Gasteiger partial charge is 0.0485 e. The van der Waals surface area contributed by atoms with Gasteiger partial charge >= 0.3 is 0 Å². The summed E-state index contributed by atoms with van der Waals surface area (Å²) in [6.45, 7) is 2.10. The van der Waals surface area contributed by atoms with Gasteiger partial charge in [-0.2, -0.15) is 0 Å². The van der Waals surface area contributed by atoms with Crippen LogP contribution in [0.2, 0.25) is 0 Å². The van der Waals surface area contributed by atoms with Crippen LogP contribution in [-0.4, -0.2) is 0 Å². The normalized spacial score (nSPS) is 10.0. The van der Waals surface area contributed by atoms with Crippen molar-refractivity contribution in [3.8, 4) is 11.1 Å². The second-order valence-electron chi connectivity index (χ2n) is 3.59. The Labute approximate surface area is 89.7 Å². The molecule has 0 heterocycles. The molecule has 0 aliphatic rings. The van der Waals surface area contributed by atoms with Crippen LogP contribution in [0.3, 0.4) is 0 Å². The highest BCUT2D eigenvalue weighted by atomic mass is 15.2. The molecule has 2 aromatic rings. The van der Waals surface area contributed by atoms with Crippen molar-refractivity contribution in [2.75, 3.05) is 5.43 Å². The molecule has 0 aliphatic heterocycles. The van der Waals surface area contributed by atoms with Crippen molar-refractivity contribution in [3.63, 3.8) is 0 Å². The summed E-state index contributed by atoms with van der Waals surface area (Å²) >= 11 is 0. The van der Waals surface area contributed by atoms with Crippen molar-refractivity contribution >= 4 is 5.69 Å². The summed E-state index contributed by atoms with van der Waals surface area (Å²) in [5, 5.41) is 0. The third kappa shape index (κ3) is 2.17. The number of hydrogen-bond donors (Lipinski definition) is 2. The van der Waals surface area contributed by atoms with E-state index in [1.165, 1.54) is 16.7 Å². The minimum Gasteiger partial charge on any atom is -0.324 e. The fraction of sp³-hybridized carbons (Fsp3) is 0.0769. The molecule has 76 valence electrons. The molecule has 2 nitrogen and oxygen atoms in total. The summed E-state index contributed by atoms with van der Waals surface area (Å²) in [5.74, 6) is 5.31. The number of nitrogen functional groups attached to an aromatic ring is 1. The highest BCUT2D eigenvalue weighted by molar-refractivity contribution is 5.66. The average molecular weight is 198 g/mol. The Balaban J connectivity index is 2.37. The highest BCUT2D eigenvalue weighted by Crippen LogP contribution is 2.21. The van der Waals surface area contributed by atoms with Gasteiger partial charge in [0.15, 0.2) is 0 Å². The van der Waals surface area contributed by atoms with Gasteiger partial charge in [-0.3, -0.25) is 5.84 Å². The summed E-state index contributed by atoms with van der Waals surface area (Å²) in [7, 11) is 0. The number of hydrazine groups is 1. The van der Waals surface area contributed by atoms with Crippen molar-refractivity contribution in [1.82, 2.24) is 0 Å². The maximum atomic E-state index is 5.31. The molecule has 0 saturated carbocycles. The molecule has 0 bridgehead atoms. The van der Waals surface area contributed by atoms with Crippen LogP contribution >= 0.6 is 0 Å². The maximum Gasteiger partial charge on any atom is 0.0485 e. The predicted octanol–water partition coefficient (Wildman–Crippen LogP) is 2.95. The molecule has 0 amide bonds. The Morgan fingerprint density at radius 1 is 0.933 bits per heavy atom. The Morgan fingerprint density at radius 3 is 2.27 bits per heavy atom. The zero-order chi connectivity index (χ0) is 10.7. The zero-order valence-corrected chi connectivity index (χ0v) is 8.70. The summed E-state index contributed by atoms with van der Waals surface area (Å²) in [6.07, 6.45) is 0. The topological polar surface area (TPSA) is 38.0 Å². The maximum absolute atomic E-state index is 5.31. The van der Waals surface area contributed by atoms with E-state index in [1.54, 1.807) is 0 Å². The van der Waals surface area contributed by atoms with Crippen LogP contribution < -0.4 is 11.3 Å². The van der Waals surface area contributed by atoms with Crippen LogP contribution in [-0.2, 0) is 0 Å². The van der Waals surface area contributed by atoms with Crippen molar-refractivity contribution in [2.24, 2.45) is 5.84 Å². The van der Waals surface area contributed by atoms with Crippen molar-refractivity contribution in [2.45, 2.75) is 6.92 Å². The Kier molecular flexibility index (Phi) is 2.70. The number of anilines is 1. The second kappa shape index (κ2) is 4.15. The lowest BCUT2D eigenvalue weighted by atomic mass is 10.0. The standard InChI is InChI=1S/C13H14N2/c1-10-3-2-4-12(9-10)11-5-7-13(15-14)8-6-11/h2-9,15H,14H2,1H3. The molecule has 3 N–H and O–H groups in total. The molecule has 15 heavy (non-hydrogen) atoms. The minimum atomic E-state index is 0.923. The molecule has 2 aromatic carbocycles. The molecule has 0 unspecified atom stereocenters. The van der Waals surface area contributed by atoms with Gasteiger partial charge in [0.1, 0.15) is 0 Å².